The molecular formula is C14H11F2. The van der Waals surface area contributed by atoms with Crippen molar-refractivity contribution in [3.63, 3.8) is 0 Å². The highest BCUT2D eigenvalue weighted by atomic mass is 19.1. The number of rotatable bonds is 1. The summed E-state index contributed by atoms with van der Waals surface area (Å²) in [5, 5.41) is 0. The van der Waals surface area contributed by atoms with E-state index in [0.717, 1.165) is 5.56 Å². The Morgan fingerprint density at radius 3 is 2.19 bits per heavy atom. The third-order valence-corrected chi connectivity index (χ3v) is 2.51. The molecule has 0 unspecified atom stereocenters. The summed E-state index contributed by atoms with van der Waals surface area (Å²) in [7, 11) is 0. The number of halogens is 2. The molecule has 0 bridgehead atoms. The molecule has 2 heteroatoms. The molecule has 0 nitrogen and oxygen atoms in total. The summed E-state index contributed by atoms with van der Waals surface area (Å²) in [4.78, 5) is 0. The summed E-state index contributed by atoms with van der Waals surface area (Å²) in [6.45, 7) is 3.40. The average molecular weight is 217 g/mol. The molecule has 0 spiro atoms. The van der Waals surface area contributed by atoms with Gasteiger partial charge in [0.1, 0.15) is 11.6 Å². The van der Waals surface area contributed by atoms with Gasteiger partial charge in [0.2, 0.25) is 0 Å². The van der Waals surface area contributed by atoms with E-state index in [2.05, 4.69) is 6.07 Å². The van der Waals surface area contributed by atoms with Crippen LogP contribution in [0.15, 0.2) is 30.3 Å². The van der Waals surface area contributed by atoms with Crippen molar-refractivity contribution in [3.8, 4) is 11.1 Å². The van der Waals surface area contributed by atoms with Crippen molar-refractivity contribution < 1.29 is 8.78 Å². The van der Waals surface area contributed by atoms with E-state index in [0.29, 0.717) is 16.7 Å². The van der Waals surface area contributed by atoms with Crippen LogP contribution >= 0.6 is 0 Å². The third kappa shape index (κ3) is 1.96. The van der Waals surface area contributed by atoms with E-state index in [1.165, 1.54) is 18.2 Å². The fraction of sp³-hybridized carbons (Fsp3) is 0.143. The second-order valence-corrected chi connectivity index (χ2v) is 3.84. The van der Waals surface area contributed by atoms with E-state index in [4.69, 9.17) is 0 Å². The third-order valence-electron chi connectivity index (χ3n) is 2.51. The Kier molecular flexibility index (Phi) is 2.73. The quantitative estimate of drug-likeness (QED) is 0.676. The Morgan fingerprint density at radius 1 is 1.00 bits per heavy atom. The molecule has 2 aromatic carbocycles. The maximum Gasteiger partial charge on any atom is 0.129 e. The van der Waals surface area contributed by atoms with Crippen molar-refractivity contribution in [2.24, 2.45) is 0 Å². The molecule has 0 aliphatic rings. The minimum absolute atomic E-state index is 0.208. The second kappa shape index (κ2) is 4.05. The zero-order valence-corrected chi connectivity index (χ0v) is 9.14. The van der Waals surface area contributed by atoms with Crippen LogP contribution < -0.4 is 0 Å². The van der Waals surface area contributed by atoms with Crippen LogP contribution in [-0.4, -0.2) is 0 Å². The molecule has 0 aliphatic carbocycles. The molecule has 2 aromatic rings. The van der Waals surface area contributed by atoms with Gasteiger partial charge in [0.05, 0.1) is 0 Å². The monoisotopic (exact) mass is 217 g/mol. The van der Waals surface area contributed by atoms with Gasteiger partial charge >= 0.3 is 0 Å². The number of benzene rings is 2. The van der Waals surface area contributed by atoms with Crippen molar-refractivity contribution in [1.82, 2.24) is 0 Å². The summed E-state index contributed by atoms with van der Waals surface area (Å²) in [5.41, 5.74) is 2.56. The first-order valence-corrected chi connectivity index (χ1v) is 5.02. The van der Waals surface area contributed by atoms with Crippen LogP contribution in [0.1, 0.15) is 11.1 Å². The predicted molar refractivity (Wildman–Crippen MR) is 60.1 cm³/mol. The maximum atomic E-state index is 13.4. The molecule has 0 amide bonds. The molecule has 0 fully saturated rings. The molecular weight excluding hydrogens is 206 g/mol. The molecule has 0 atom stereocenters. The Bertz CT molecular complexity index is 507. The minimum Gasteiger partial charge on any atom is -0.207 e. The maximum absolute atomic E-state index is 13.4. The zero-order valence-electron chi connectivity index (χ0n) is 9.14. The first kappa shape index (κ1) is 10.8. The van der Waals surface area contributed by atoms with Gasteiger partial charge in [-0.15, -0.1) is 0 Å². The van der Waals surface area contributed by atoms with E-state index < -0.39 is 0 Å². The summed E-state index contributed by atoms with van der Waals surface area (Å²) in [6.07, 6.45) is 0. The van der Waals surface area contributed by atoms with E-state index in [9.17, 15) is 8.78 Å². The molecule has 0 saturated heterocycles. The highest BCUT2D eigenvalue weighted by Gasteiger charge is 2.06. The van der Waals surface area contributed by atoms with Crippen molar-refractivity contribution in [2.75, 3.05) is 0 Å². The average Bonchev–Trinajstić information content (AvgIpc) is 2.25. The first-order chi connectivity index (χ1) is 7.58. The Balaban J connectivity index is 2.57. The Morgan fingerprint density at radius 2 is 1.62 bits per heavy atom. The van der Waals surface area contributed by atoms with Crippen molar-refractivity contribution >= 4 is 0 Å². The lowest BCUT2D eigenvalue weighted by Gasteiger charge is -2.06. The van der Waals surface area contributed by atoms with Gasteiger partial charge in [-0.2, -0.15) is 0 Å². The van der Waals surface area contributed by atoms with Gasteiger partial charge in [-0.3, -0.25) is 0 Å². The summed E-state index contributed by atoms with van der Waals surface area (Å²) in [6, 6.07) is 10.6. The van der Waals surface area contributed by atoms with Crippen LogP contribution in [0.5, 0.6) is 0 Å². The van der Waals surface area contributed by atoms with Crippen LogP contribution in [0, 0.1) is 31.5 Å². The number of hydrogen-bond donors (Lipinski definition) is 0. The Labute approximate surface area is 93.5 Å². The molecule has 0 heterocycles. The smallest absolute Gasteiger partial charge is 0.129 e. The topological polar surface area (TPSA) is 0 Å². The number of aryl methyl sites for hydroxylation is 2. The molecule has 0 N–H and O–H groups in total. The lowest BCUT2D eigenvalue weighted by Crippen LogP contribution is -1.90. The summed E-state index contributed by atoms with van der Waals surface area (Å²) < 4.78 is 26.5. The van der Waals surface area contributed by atoms with E-state index in [-0.39, 0.29) is 11.6 Å². The highest BCUT2D eigenvalue weighted by molar-refractivity contribution is 5.64. The van der Waals surface area contributed by atoms with E-state index in [1.54, 1.807) is 26.0 Å². The van der Waals surface area contributed by atoms with Gasteiger partial charge in [-0.05, 0) is 66.4 Å². The van der Waals surface area contributed by atoms with E-state index >= 15 is 0 Å². The van der Waals surface area contributed by atoms with Gasteiger partial charge < -0.3 is 0 Å². The van der Waals surface area contributed by atoms with Crippen molar-refractivity contribution in [1.29, 1.82) is 0 Å². The SMILES string of the molecule is Cc1cc(-c2[c]ccc(F)c2)cc(C)c1F. The summed E-state index contributed by atoms with van der Waals surface area (Å²) >= 11 is 0. The van der Waals surface area contributed by atoms with Crippen LogP contribution in [-0.2, 0) is 0 Å². The second-order valence-electron chi connectivity index (χ2n) is 3.84. The molecule has 81 valence electrons. The number of hydrogen-bond acceptors (Lipinski definition) is 0. The summed E-state index contributed by atoms with van der Waals surface area (Å²) in [5.74, 6) is -0.520. The van der Waals surface area contributed by atoms with Gasteiger partial charge in [0.25, 0.3) is 0 Å². The molecule has 1 radical (unpaired) electrons. The van der Waals surface area contributed by atoms with Gasteiger partial charge in [0, 0.05) is 0 Å². The Hall–Kier alpha value is -1.70. The first-order valence-electron chi connectivity index (χ1n) is 5.02. The minimum atomic E-state index is -0.312. The van der Waals surface area contributed by atoms with Crippen LogP contribution in [0.4, 0.5) is 8.78 Å². The molecule has 0 saturated carbocycles. The standard InChI is InChI=1S/C14H11F2/c1-9-6-12(7-10(2)14(9)16)11-4-3-5-13(15)8-11/h3,5-8H,1-2H3. The van der Waals surface area contributed by atoms with Gasteiger partial charge in [-0.25, -0.2) is 8.78 Å². The van der Waals surface area contributed by atoms with Gasteiger partial charge in [-0.1, -0.05) is 6.07 Å². The molecule has 2 rings (SSSR count). The fourth-order valence-corrected chi connectivity index (χ4v) is 1.71. The zero-order chi connectivity index (χ0) is 11.7. The molecule has 0 aliphatic heterocycles. The largest absolute Gasteiger partial charge is 0.207 e. The highest BCUT2D eigenvalue weighted by Crippen LogP contribution is 2.24. The lowest BCUT2D eigenvalue weighted by molar-refractivity contribution is 0.609. The predicted octanol–water partition coefficient (Wildman–Crippen LogP) is 4.05. The molecule has 16 heavy (non-hydrogen) atoms. The van der Waals surface area contributed by atoms with Crippen LogP contribution in [0.2, 0.25) is 0 Å². The van der Waals surface area contributed by atoms with Crippen LogP contribution in [0.25, 0.3) is 11.1 Å². The van der Waals surface area contributed by atoms with E-state index in [1.807, 2.05) is 0 Å². The van der Waals surface area contributed by atoms with Gasteiger partial charge in [0.15, 0.2) is 0 Å². The lowest BCUT2D eigenvalue weighted by atomic mass is 10.0. The van der Waals surface area contributed by atoms with Crippen molar-refractivity contribution in [2.45, 2.75) is 13.8 Å². The van der Waals surface area contributed by atoms with Crippen molar-refractivity contribution in [3.05, 3.63) is 59.2 Å². The van der Waals surface area contributed by atoms with Crippen LogP contribution in [0.3, 0.4) is 0 Å². The fourth-order valence-electron chi connectivity index (χ4n) is 1.71. The normalized spacial score (nSPS) is 10.5. The molecule has 0 aromatic heterocycles.